The molecule has 0 amide bonds. The van der Waals surface area contributed by atoms with E-state index in [1.807, 2.05) is 38.9 Å². The first kappa shape index (κ1) is 17.0. The van der Waals surface area contributed by atoms with Gasteiger partial charge in [0.2, 0.25) is 5.28 Å². The minimum Gasteiger partial charge on any atom is -0.368 e. The van der Waals surface area contributed by atoms with Gasteiger partial charge < -0.3 is 9.26 Å². The largest absolute Gasteiger partial charge is 0.368 e. The summed E-state index contributed by atoms with van der Waals surface area (Å²) in [5.74, 6) is 2.53. The Morgan fingerprint density at radius 1 is 1.21 bits per heavy atom. The summed E-state index contributed by atoms with van der Waals surface area (Å²) in [4.78, 5) is 13.7. The minimum absolute atomic E-state index is 0.366. The van der Waals surface area contributed by atoms with Crippen molar-refractivity contribution in [2.24, 2.45) is 4.99 Å². The van der Waals surface area contributed by atoms with Crippen molar-refractivity contribution in [2.45, 2.75) is 31.3 Å². The Morgan fingerprint density at radius 3 is 2.86 bits per heavy atom. The molecule has 0 atom stereocenters. The van der Waals surface area contributed by atoms with E-state index in [2.05, 4.69) is 15.1 Å². The Labute approximate surface area is 171 Å². The van der Waals surface area contributed by atoms with Crippen LogP contribution in [-0.4, -0.2) is 39.3 Å². The van der Waals surface area contributed by atoms with Gasteiger partial charge in [-0.15, -0.1) is 0 Å². The minimum atomic E-state index is -0.492. The van der Waals surface area contributed by atoms with Gasteiger partial charge >= 0.3 is 0 Å². The molecule has 0 bridgehead atoms. The quantitative estimate of drug-likeness (QED) is 0.653. The van der Waals surface area contributed by atoms with Crippen LogP contribution in [0.1, 0.15) is 37.1 Å². The van der Waals surface area contributed by atoms with Crippen LogP contribution in [0.25, 0.3) is 5.69 Å². The van der Waals surface area contributed by atoms with Gasteiger partial charge in [-0.25, -0.2) is 20.0 Å². The highest BCUT2D eigenvalue weighted by molar-refractivity contribution is 6.29. The molecule has 3 aromatic rings. The van der Waals surface area contributed by atoms with Crippen LogP contribution in [0.2, 0.25) is 5.28 Å². The Balaban J connectivity index is 1.43. The Morgan fingerprint density at radius 2 is 2.03 bits per heavy atom. The number of hydrogen-bond acceptors (Lipinski definition) is 8. The van der Waals surface area contributed by atoms with E-state index < -0.39 is 5.60 Å². The summed E-state index contributed by atoms with van der Waals surface area (Å²) in [6.45, 7) is 0.366. The van der Waals surface area contributed by atoms with E-state index in [0.717, 1.165) is 48.6 Å². The first-order chi connectivity index (χ1) is 14.2. The van der Waals surface area contributed by atoms with Crippen LogP contribution in [0, 0.1) is 0 Å². The number of aliphatic imine (C=N–C) groups is 1. The number of aromatic nitrogens is 4. The number of fused-ring (bicyclic) bond motifs is 6. The number of halogens is 1. The fourth-order valence-electron chi connectivity index (χ4n) is 4.47. The van der Waals surface area contributed by atoms with Crippen LogP contribution in [-0.2, 0) is 10.3 Å². The molecule has 1 fully saturated rings. The van der Waals surface area contributed by atoms with Gasteiger partial charge in [0.05, 0.1) is 11.9 Å². The monoisotopic (exact) mass is 411 g/mol. The SMILES string of the molecule is COC1(c2nc(N3CN=C4c5ccccc5-n5c(cnc5Cl)N43)no2)CCCC1. The smallest absolute Gasteiger partial charge is 0.287 e. The second-order valence-corrected chi connectivity index (χ2v) is 7.72. The van der Waals surface area contributed by atoms with E-state index in [1.165, 1.54) is 0 Å². The average Bonchev–Trinajstić information content (AvgIpc) is 3.52. The van der Waals surface area contributed by atoms with E-state index in [0.29, 0.717) is 23.8 Å². The molecule has 29 heavy (non-hydrogen) atoms. The van der Waals surface area contributed by atoms with Crippen molar-refractivity contribution in [2.75, 3.05) is 23.8 Å². The van der Waals surface area contributed by atoms with Gasteiger partial charge in [0.25, 0.3) is 11.8 Å². The summed E-state index contributed by atoms with van der Waals surface area (Å²) in [6, 6.07) is 7.97. The number of methoxy groups -OCH3 is 1. The van der Waals surface area contributed by atoms with Crippen LogP contribution >= 0.6 is 11.6 Å². The van der Waals surface area contributed by atoms with Crippen molar-refractivity contribution >= 4 is 29.2 Å². The highest BCUT2D eigenvalue weighted by atomic mass is 35.5. The lowest BCUT2D eigenvalue weighted by atomic mass is 10.0. The molecular formula is C19H18ClN7O2. The van der Waals surface area contributed by atoms with E-state index >= 15 is 0 Å². The second kappa shape index (κ2) is 6.04. The third-order valence-corrected chi connectivity index (χ3v) is 6.20. The maximum absolute atomic E-state index is 6.40. The van der Waals surface area contributed by atoms with Crippen LogP contribution in [0.3, 0.4) is 0 Å². The Hall–Kier alpha value is -2.91. The maximum Gasteiger partial charge on any atom is 0.287 e. The third kappa shape index (κ3) is 2.25. The van der Waals surface area contributed by atoms with Gasteiger partial charge in [-0.05, 0) is 54.6 Å². The molecule has 148 valence electrons. The molecule has 1 aliphatic carbocycles. The molecule has 0 spiro atoms. The number of para-hydroxylation sites is 1. The highest BCUT2D eigenvalue weighted by Gasteiger charge is 2.43. The lowest BCUT2D eigenvalue weighted by Gasteiger charge is -2.33. The first-order valence-corrected chi connectivity index (χ1v) is 9.94. The van der Waals surface area contributed by atoms with Gasteiger partial charge in [0.15, 0.2) is 11.7 Å². The molecule has 6 rings (SSSR count). The predicted molar refractivity (Wildman–Crippen MR) is 106 cm³/mol. The summed E-state index contributed by atoms with van der Waals surface area (Å²) < 4.78 is 13.3. The van der Waals surface area contributed by atoms with Crippen LogP contribution < -0.4 is 10.0 Å². The fourth-order valence-corrected chi connectivity index (χ4v) is 4.70. The molecule has 0 N–H and O–H groups in total. The molecule has 4 heterocycles. The van der Waals surface area contributed by atoms with E-state index in [4.69, 9.17) is 25.9 Å². The Bertz CT molecular complexity index is 1130. The number of hydrogen-bond donors (Lipinski definition) is 0. The molecule has 1 aromatic carbocycles. The van der Waals surface area contributed by atoms with Crippen molar-refractivity contribution in [1.29, 1.82) is 0 Å². The molecule has 0 unspecified atom stereocenters. The number of ether oxygens (including phenoxy) is 1. The second-order valence-electron chi connectivity index (χ2n) is 7.38. The molecule has 0 saturated heterocycles. The van der Waals surface area contributed by atoms with Crippen molar-refractivity contribution < 1.29 is 9.26 Å². The zero-order valence-corrected chi connectivity index (χ0v) is 16.5. The van der Waals surface area contributed by atoms with Crippen LogP contribution in [0.15, 0.2) is 40.0 Å². The maximum atomic E-state index is 6.40. The van der Waals surface area contributed by atoms with Crippen molar-refractivity contribution in [1.82, 2.24) is 19.7 Å². The Kier molecular flexibility index (Phi) is 3.54. The number of imidazole rings is 1. The van der Waals surface area contributed by atoms with E-state index in [1.54, 1.807) is 13.3 Å². The van der Waals surface area contributed by atoms with Gasteiger partial charge in [0, 0.05) is 12.7 Å². The topological polar surface area (TPSA) is 84.8 Å². The number of anilines is 2. The number of nitrogens with zero attached hydrogens (tertiary/aromatic N) is 7. The lowest BCUT2D eigenvalue weighted by Crippen LogP contribution is -2.46. The third-order valence-electron chi connectivity index (χ3n) is 5.94. The summed E-state index contributed by atoms with van der Waals surface area (Å²) in [5.41, 5.74) is 1.42. The van der Waals surface area contributed by atoms with Gasteiger partial charge in [-0.1, -0.05) is 12.1 Å². The summed E-state index contributed by atoms with van der Waals surface area (Å²) in [7, 11) is 1.70. The number of amidine groups is 1. The number of rotatable bonds is 3. The number of hydrazine groups is 1. The summed E-state index contributed by atoms with van der Waals surface area (Å²) in [6.07, 6.45) is 5.66. The van der Waals surface area contributed by atoms with Gasteiger partial charge in [-0.2, -0.15) is 4.98 Å². The van der Waals surface area contributed by atoms with Gasteiger partial charge in [-0.3, -0.25) is 4.57 Å². The van der Waals surface area contributed by atoms with Gasteiger partial charge in [0.1, 0.15) is 12.3 Å². The molecule has 9 nitrogen and oxygen atoms in total. The predicted octanol–water partition coefficient (Wildman–Crippen LogP) is 3.28. The molecule has 2 aliphatic heterocycles. The molecule has 2 aromatic heterocycles. The standard InChI is InChI=1S/C19H18ClN7O2/c1-28-19(8-4-5-9-19)16-23-18(24-29-16)25-11-22-15-12-6-2-3-7-13(12)26-14(27(15)25)10-21-17(26)20/h2-3,6-7,10H,4-5,8-9,11H2,1H3. The van der Waals surface area contributed by atoms with Crippen molar-refractivity contribution in [3.05, 3.63) is 47.2 Å². The zero-order chi connectivity index (χ0) is 19.6. The van der Waals surface area contributed by atoms with E-state index in [-0.39, 0.29) is 0 Å². The molecule has 10 heteroatoms. The lowest BCUT2D eigenvalue weighted by molar-refractivity contribution is -0.0342. The zero-order valence-electron chi connectivity index (χ0n) is 15.7. The van der Waals surface area contributed by atoms with Crippen LogP contribution in [0.5, 0.6) is 0 Å². The van der Waals surface area contributed by atoms with Crippen molar-refractivity contribution in [3.63, 3.8) is 0 Å². The molecular weight excluding hydrogens is 394 g/mol. The summed E-state index contributed by atoms with van der Waals surface area (Å²) >= 11 is 6.40. The highest BCUT2D eigenvalue weighted by Crippen LogP contribution is 2.42. The normalized spacial score (nSPS) is 19.2. The number of benzene rings is 1. The van der Waals surface area contributed by atoms with Crippen LogP contribution in [0.4, 0.5) is 11.8 Å². The molecule has 1 saturated carbocycles. The molecule has 3 aliphatic rings. The fraction of sp³-hybridized carbons (Fsp3) is 0.368. The van der Waals surface area contributed by atoms with Crippen molar-refractivity contribution in [3.8, 4) is 5.69 Å². The first-order valence-electron chi connectivity index (χ1n) is 9.56. The van der Waals surface area contributed by atoms with E-state index in [9.17, 15) is 0 Å². The molecule has 0 radical (unpaired) electrons. The average molecular weight is 412 g/mol. The summed E-state index contributed by atoms with van der Waals surface area (Å²) in [5, 5.41) is 8.43.